The van der Waals surface area contributed by atoms with Crippen molar-refractivity contribution in [2.45, 2.75) is 5.16 Å². The number of rotatable bonds is 10. The maximum absolute atomic E-state index is 11.9. The van der Waals surface area contributed by atoms with Gasteiger partial charge < -0.3 is 15.0 Å². The Morgan fingerprint density at radius 2 is 2.00 bits per heavy atom. The molecule has 1 aliphatic heterocycles. The third-order valence-electron chi connectivity index (χ3n) is 4.79. The molecule has 2 heterocycles. The fraction of sp³-hybridized carbons (Fsp3) is 0.409. The highest BCUT2D eigenvalue weighted by atomic mass is 35.5. The number of thioether (sulfide) groups is 1. The predicted molar refractivity (Wildman–Crippen MR) is 127 cm³/mol. The lowest BCUT2D eigenvalue weighted by Crippen LogP contribution is -2.46. The van der Waals surface area contributed by atoms with Gasteiger partial charge in [0.05, 0.1) is 12.4 Å². The summed E-state index contributed by atoms with van der Waals surface area (Å²) >= 11 is 7.50. The molecule has 0 atom stereocenters. The Hall–Kier alpha value is -2.13. The van der Waals surface area contributed by atoms with Gasteiger partial charge in [-0.2, -0.15) is 0 Å². The molecule has 9 heteroatoms. The van der Waals surface area contributed by atoms with Crippen LogP contribution in [0.3, 0.4) is 0 Å². The van der Waals surface area contributed by atoms with Gasteiger partial charge in [-0.05, 0) is 5.56 Å². The molecule has 0 bridgehead atoms. The lowest BCUT2D eigenvalue weighted by atomic mass is 10.2. The number of methoxy groups -OCH3 is 1. The second kappa shape index (κ2) is 12.7. The largest absolute Gasteiger partial charge is 0.383 e. The second-order valence-corrected chi connectivity index (χ2v) is 8.39. The summed E-state index contributed by atoms with van der Waals surface area (Å²) < 4.78 is 4.93. The first-order valence-electron chi connectivity index (χ1n) is 10.3. The summed E-state index contributed by atoms with van der Waals surface area (Å²) in [6.07, 6.45) is 4.37. The first kappa shape index (κ1) is 23.5. The molecule has 0 radical (unpaired) electrons. The van der Waals surface area contributed by atoms with E-state index in [4.69, 9.17) is 16.3 Å². The van der Waals surface area contributed by atoms with Crippen molar-refractivity contribution in [3.8, 4) is 0 Å². The summed E-state index contributed by atoms with van der Waals surface area (Å²) in [5, 5.41) is 3.68. The zero-order valence-corrected chi connectivity index (χ0v) is 19.2. The molecule has 7 nitrogen and oxygen atoms in total. The molecule has 166 valence electrons. The summed E-state index contributed by atoms with van der Waals surface area (Å²) in [4.78, 5) is 25.4. The summed E-state index contributed by atoms with van der Waals surface area (Å²) in [6, 6.07) is 12.1. The Kier molecular flexibility index (Phi) is 9.61. The minimum absolute atomic E-state index is 0.0793. The number of anilines is 1. The molecule has 3 rings (SSSR count). The molecule has 0 spiro atoms. The molecule has 1 saturated heterocycles. The average molecular weight is 462 g/mol. The maximum atomic E-state index is 11.9. The zero-order chi connectivity index (χ0) is 21.9. The molecule has 0 unspecified atom stereocenters. The molecular formula is C22H28ClN5O2S. The second-order valence-electron chi connectivity index (χ2n) is 7.06. The van der Waals surface area contributed by atoms with Gasteiger partial charge in [0.1, 0.15) is 11.0 Å². The van der Waals surface area contributed by atoms with Crippen LogP contribution in [0.4, 0.5) is 5.82 Å². The Morgan fingerprint density at radius 3 is 2.74 bits per heavy atom. The summed E-state index contributed by atoms with van der Waals surface area (Å²) in [5.41, 5.74) is 1.22. The molecule has 31 heavy (non-hydrogen) atoms. The van der Waals surface area contributed by atoms with Crippen LogP contribution in [0.1, 0.15) is 5.56 Å². The number of benzene rings is 1. The van der Waals surface area contributed by atoms with E-state index < -0.39 is 0 Å². The summed E-state index contributed by atoms with van der Waals surface area (Å²) in [7, 11) is 1.60. The number of aromatic nitrogens is 2. The van der Waals surface area contributed by atoms with Crippen LogP contribution in [0, 0.1) is 0 Å². The fourth-order valence-corrected chi connectivity index (χ4v) is 4.06. The van der Waals surface area contributed by atoms with E-state index in [0.717, 1.165) is 38.5 Å². The molecule has 2 aromatic rings. The van der Waals surface area contributed by atoms with Gasteiger partial charge in [0.2, 0.25) is 5.91 Å². The Labute approximate surface area is 192 Å². The number of nitrogens with zero attached hydrogens (tertiary/aromatic N) is 4. The molecule has 1 N–H and O–H groups in total. The molecule has 1 aromatic carbocycles. The number of ether oxygens (including phenoxy) is 1. The van der Waals surface area contributed by atoms with Gasteiger partial charge in [0.15, 0.2) is 5.16 Å². The number of nitrogens with one attached hydrogen (secondary N) is 1. The molecular weight excluding hydrogens is 434 g/mol. The van der Waals surface area contributed by atoms with Gasteiger partial charge in [-0.25, -0.2) is 9.97 Å². The van der Waals surface area contributed by atoms with Crippen LogP contribution in [0.15, 0.2) is 47.6 Å². The third-order valence-corrected chi connectivity index (χ3v) is 5.83. The molecule has 0 aliphatic carbocycles. The fourth-order valence-electron chi connectivity index (χ4n) is 3.15. The van der Waals surface area contributed by atoms with E-state index >= 15 is 0 Å². The van der Waals surface area contributed by atoms with Crippen molar-refractivity contribution in [3.63, 3.8) is 0 Å². The minimum Gasteiger partial charge on any atom is -0.383 e. The minimum atomic E-state index is -0.0793. The first-order valence-corrected chi connectivity index (χ1v) is 11.6. The average Bonchev–Trinajstić information content (AvgIpc) is 2.79. The van der Waals surface area contributed by atoms with Crippen molar-refractivity contribution in [2.75, 3.05) is 63.6 Å². The van der Waals surface area contributed by atoms with E-state index in [1.165, 1.54) is 17.3 Å². The molecule has 1 fully saturated rings. The van der Waals surface area contributed by atoms with Gasteiger partial charge in [0.25, 0.3) is 0 Å². The van der Waals surface area contributed by atoms with E-state index in [1.807, 2.05) is 18.2 Å². The van der Waals surface area contributed by atoms with Crippen LogP contribution in [-0.2, 0) is 9.53 Å². The SMILES string of the molecule is COCCNC(=O)CSc1nc(Cl)cc(N2CCN(C/C=C/c3ccccc3)CC2)n1. The third kappa shape index (κ3) is 8.14. The van der Waals surface area contributed by atoms with Crippen molar-refractivity contribution in [2.24, 2.45) is 0 Å². The van der Waals surface area contributed by atoms with Crippen LogP contribution in [0.2, 0.25) is 5.15 Å². The van der Waals surface area contributed by atoms with E-state index in [-0.39, 0.29) is 11.7 Å². The van der Waals surface area contributed by atoms with Gasteiger partial charge in [-0.15, -0.1) is 0 Å². The van der Waals surface area contributed by atoms with E-state index in [9.17, 15) is 4.79 Å². The standard InChI is InChI=1S/C22H28ClN5O2S/c1-30-15-9-24-21(29)17-31-22-25-19(23)16-20(26-22)28-13-11-27(12-14-28)10-5-8-18-6-3-2-4-7-18/h2-8,16H,9-15,17H2,1H3,(H,24,29)/b8-5+. The van der Waals surface area contributed by atoms with Gasteiger partial charge in [-0.1, -0.05) is 65.8 Å². The van der Waals surface area contributed by atoms with Crippen molar-refractivity contribution in [1.29, 1.82) is 0 Å². The summed E-state index contributed by atoms with van der Waals surface area (Å²) in [5.74, 6) is 0.969. The molecule has 1 aromatic heterocycles. The highest BCUT2D eigenvalue weighted by molar-refractivity contribution is 7.99. The highest BCUT2D eigenvalue weighted by Crippen LogP contribution is 2.22. The molecule has 1 aliphatic rings. The maximum Gasteiger partial charge on any atom is 0.230 e. The molecule has 0 saturated carbocycles. The number of hydrogen-bond acceptors (Lipinski definition) is 7. The predicted octanol–water partition coefficient (Wildman–Crippen LogP) is 2.82. The van der Waals surface area contributed by atoms with Crippen molar-refractivity contribution in [1.82, 2.24) is 20.2 Å². The number of halogens is 1. The number of amides is 1. The normalized spacial score (nSPS) is 14.8. The first-order chi connectivity index (χ1) is 15.1. The lowest BCUT2D eigenvalue weighted by Gasteiger charge is -2.35. The van der Waals surface area contributed by atoms with Gasteiger partial charge in [-0.3, -0.25) is 9.69 Å². The van der Waals surface area contributed by atoms with Crippen LogP contribution in [0.25, 0.3) is 6.08 Å². The Balaban J connectivity index is 1.47. The zero-order valence-electron chi connectivity index (χ0n) is 17.7. The van der Waals surface area contributed by atoms with E-state index in [0.29, 0.717) is 23.5 Å². The van der Waals surface area contributed by atoms with Crippen LogP contribution in [0.5, 0.6) is 0 Å². The number of hydrogen-bond donors (Lipinski definition) is 1. The quantitative estimate of drug-likeness (QED) is 0.252. The van der Waals surface area contributed by atoms with Crippen LogP contribution < -0.4 is 10.2 Å². The van der Waals surface area contributed by atoms with Gasteiger partial charge >= 0.3 is 0 Å². The number of piperazine rings is 1. The highest BCUT2D eigenvalue weighted by Gasteiger charge is 2.19. The monoisotopic (exact) mass is 461 g/mol. The number of carbonyl (C=O) groups excluding carboxylic acids is 1. The topological polar surface area (TPSA) is 70.6 Å². The van der Waals surface area contributed by atoms with Crippen LogP contribution in [-0.4, -0.2) is 79.5 Å². The van der Waals surface area contributed by atoms with E-state index in [1.54, 1.807) is 13.2 Å². The molecule has 1 amide bonds. The van der Waals surface area contributed by atoms with Crippen molar-refractivity contribution < 1.29 is 9.53 Å². The van der Waals surface area contributed by atoms with Gasteiger partial charge in [0, 0.05) is 52.4 Å². The summed E-state index contributed by atoms with van der Waals surface area (Å²) in [6.45, 7) is 5.54. The number of carbonyl (C=O) groups is 1. The Morgan fingerprint density at radius 1 is 1.23 bits per heavy atom. The van der Waals surface area contributed by atoms with Crippen molar-refractivity contribution in [3.05, 3.63) is 53.2 Å². The lowest BCUT2D eigenvalue weighted by molar-refractivity contribution is -0.118. The Bertz CT molecular complexity index is 860. The van der Waals surface area contributed by atoms with Crippen LogP contribution >= 0.6 is 23.4 Å². The smallest absolute Gasteiger partial charge is 0.230 e. The van der Waals surface area contributed by atoms with E-state index in [2.05, 4.69) is 49.4 Å². The van der Waals surface area contributed by atoms with Crippen molar-refractivity contribution >= 4 is 41.2 Å².